The monoisotopic (exact) mass is 286 g/mol. The number of carbonyl (C=O) groups excluding carboxylic acids is 2. The highest BCUT2D eigenvalue weighted by molar-refractivity contribution is 6.00. The van der Waals surface area contributed by atoms with Crippen LogP contribution in [0.3, 0.4) is 0 Å². The van der Waals surface area contributed by atoms with Crippen molar-refractivity contribution in [3.8, 4) is 0 Å². The van der Waals surface area contributed by atoms with E-state index < -0.39 is 23.5 Å². The molecule has 1 aliphatic heterocycles. The molecule has 20 heavy (non-hydrogen) atoms. The predicted octanol–water partition coefficient (Wildman–Crippen LogP) is 1.34. The maximum Gasteiger partial charge on any atom is 0.246 e. The van der Waals surface area contributed by atoms with Crippen LogP contribution in [0.2, 0.25) is 0 Å². The summed E-state index contributed by atoms with van der Waals surface area (Å²) in [6.45, 7) is 0.00651. The Bertz CT molecular complexity index is 540. The smallest absolute Gasteiger partial charge is 0.246 e. The Balaban J connectivity index is 2.02. The summed E-state index contributed by atoms with van der Waals surface area (Å²) in [7, 11) is 1.38. The number of amides is 2. The van der Waals surface area contributed by atoms with Gasteiger partial charge in [-0.1, -0.05) is 0 Å². The molecule has 0 saturated carbocycles. The lowest BCUT2D eigenvalue weighted by molar-refractivity contribution is -0.148. The number of nitrogens with one attached hydrogen (secondary N) is 1. The van der Waals surface area contributed by atoms with Crippen molar-refractivity contribution in [2.45, 2.75) is 25.4 Å². The summed E-state index contributed by atoms with van der Waals surface area (Å²) >= 11 is 0. The third kappa shape index (κ3) is 2.82. The highest BCUT2D eigenvalue weighted by atomic mass is 19.2. The van der Waals surface area contributed by atoms with E-state index in [2.05, 4.69) is 5.32 Å². The number of halogens is 3. The molecule has 0 bridgehead atoms. The third-order valence-electron chi connectivity index (χ3n) is 3.25. The zero-order valence-electron chi connectivity index (χ0n) is 10.8. The van der Waals surface area contributed by atoms with Gasteiger partial charge in [0, 0.05) is 20.0 Å². The molecular formula is C13H13F3N2O2. The topological polar surface area (TPSA) is 49.4 Å². The van der Waals surface area contributed by atoms with Crippen molar-refractivity contribution < 1.29 is 22.8 Å². The van der Waals surface area contributed by atoms with Crippen molar-refractivity contribution >= 4 is 11.8 Å². The Labute approximate surface area is 113 Å². The number of likely N-dealkylation sites (N-methyl/N-ethyl adjacent to an activating group) is 1. The van der Waals surface area contributed by atoms with Crippen molar-refractivity contribution in [1.82, 2.24) is 10.2 Å². The normalized spacial score (nSPS) is 19.6. The zero-order chi connectivity index (χ0) is 14.9. The van der Waals surface area contributed by atoms with Gasteiger partial charge in [-0.05, 0) is 24.1 Å². The van der Waals surface area contributed by atoms with E-state index in [0.717, 1.165) is 17.0 Å². The van der Waals surface area contributed by atoms with Crippen LogP contribution in [-0.2, 0) is 16.1 Å². The Morgan fingerprint density at radius 3 is 2.45 bits per heavy atom. The van der Waals surface area contributed by atoms with Crippen LogP contribution in [0.5, 0.6) is 0 Å². The average molecular weight is 286 g/mol. The van der Waals surface area contributed by atoms with Crippen molar-refractivity contribution in [1.29, 1.82) is 0 Å². The number of benzene rings is 1. The van der Waals surface area contributed by atoms with Gasteiger partial charge in [-0.2, -0.15) is 0 Å². The van der Waals surface area contributed by atoms with Crippen LogP contribution in [0.4, 0.5) is 13.2 Å². The van der Waals surface area contributed by atoms with E-state index in [-0.39, 0.29) is 30.3 Å². The minimum Gasteiger partial charge on any atom is -0.302 e. The summed E-state index contributed by atoms with van der Waals surface area (Å²) in [4.78, 5) is 24.1. The largest absolute Gasteiger partial charge is 0.302 e. The van der Waals surface area contributed by atoms with Gasteiger partial charge in [-0.25, -0.2) is 13.2 Å². The van der Waals surface area contributed by atoms with Crippen molar-refractivity contribution in [3.05, 3.63) is 35.1 Å². The standard InChI is InChI=1S/C13H13F3N2O2/c1-18-11(19)3-2-10(13(18)20)17-6-7-4-8(14)12(16)9(15)5-7/h4-5,10,17H,2-3,6H2,1H3. The van der Waals surface area contributed by atoms with E-state index in [0.29, 0.717) is 6.42 Å². The maximum atomic E-state index is 13.0. The maximum absolute atomic E-state index is 13.0. The van der Waals surface area contributed by atoms with Gasteiger partial charge in [0.2, 0.25) is 11.8 Å². The van der Waals surface area contributed by atoms with E-state index in [1.807, 2.05) is 0 Å². The molecule has 7 heteroatoms. The van der Waals surface area contributed by atoms with Gasteiger partial charge in [-0.3, -0.25) is 14.5 Å². The molecule has 1 aromatic rings. The van der Waals surface area contributed by atoms with Crippen LogP contribution in [0.1, 0.15) is 18.4 Å². The molecule has 2 amide bonds. The van der Waals surface area contributed by atoms with E-state index in [1.54, 1.807) is 0 Å². The van der Waals surface area contributed by atoms with Gasteiger partial charge < -0.3 is 5.32 Å². The van der Waals surface area contributed by atoms with Crippen LogP contribution in [0.25, 0.3) is 0 Å². The van der Waals surface area contributed by atoms with Crippen molar-refractivity contribution in [2.24, 2.45) is 0 Å². The molecule has 1 aromatic carbocycles. The summed E-state index contributed by atoms with van der Waals surface area (Å²) in [5.74, 6) is -4.71. The first-order chi connectivity index (χ1) is 9.40. The number of imide groups is 1. The second-order valence-corrected chi connectivity index (χ2v) is 4.64. The minimum atomic E-state index is -1.52. The molecule has 1 heterocycles. The molecule has 4 nitrogen and oxygen atoms in total. The summed E-state index contributed by atoms with van der Waals surface area (Å²) in [6.07, 6.45) is 0.556. The highest BCUT2D eigenvalue weighted by Gasteiger charge is 2.31. The number of rotatable bonds is 3. The van der Waals surface area contributed by atoms with E-state index in [4.69, 9.17) is 0 Å². The molecule has 1 unspecified atom stereocenters. The molecule has 1 saturated heterocycles. The first-order valence-corrected chi connectivity index (χ1v) is 6.07. The highest BCUT2D eigenvalue weighted by Crippen LogP contribution is 2.15. The lowest BCUT2D eigenvalue weighted by Gasteiger charge is -2.28. The second kappa shape index (κ2) is 5.62. The molecule has 0 spiro atoms. The average Bonchev–Trinajstić information content (AvgIpc) is 2.41. The number of nitrogens with zero attached hydrogens (tertiary/aromatic N) is 1. The van der Waals surface area contributed by atoms with Gasteiger partial charge in [0.05, 0.1) is 6.04 Å². The fraction of sp³-hybridized carbons (Fsp3) is 0.385. The Morgan fingerprint density at radius 2 is 1.85 bits per heavy atom. The fourth-order valence-corrected chi connectivity index (χ4v) is 2.06. The minimum absolute atomic E-state index is 0.00651. The van der Waals surface area contributed by atoms with Crippen LogP contribution in [0, 0.1) is 17.5 Å². The van der Waals surface area contributed by atoms with Gasteiger partial charge in [0.1, 0.15) is 0 Å². The second-order valence-electron chi connectivity index (χ2n) is 4.64. The van der Waals surface area contributed by atoms with Crippen LogP contribution >= 0.6 is 0 Å². The van der Waals surface area contributed by atoms with Crippen LogP contribution in [-0.4, -0.2) is 29.8 Å². The van der Waals surface area contributed by atoms with Gasteiger partial charge >= 0.3 is 0 Å². The van der Waals surface area contributed by atoms with E-state index >= 15 is 0 Å². The SMILES string of the molecule is CN1C(=O)CCC(NCc2cc(F)c(F)c(F)c2)C1=O. The third-order valence-corrected chi connectivity index (χ3v) is 3.25. The summed E-state index contributed by atoms with van der Waals surface area (Å²) in [6, 6.07) is 1.15. The van der Waals surface area contributed by atoms with E-state index in [1.165, 1.54) is 7.05 Å². The molecule has 1 N–H and O–H groups in total. The zero-order valence-corrected chi connectivity index (χ0v) is 10.8. The van der Waals surface area contributed by atoms with Crippen LogP contribution in [0.15, 0.2) is 12.1 Å². The van der Waals surface area contributed by atoms with Crippen molar-refractivity contribution in [2.75, 3.05) is 7.05 Å². The number of likely N-dealkylation sites (tertiary alicyclic amines) is 1. The Morgan fingerprint density at radius 1 is 1.25 bits per heavy atom. The van der Waals surface area contributed by atoms with Gasteiger partial charge in [-0.15, -0.1) is 0 Å². The first kappa shape index (κ1) is 14.5. The molecule has 0 aliphatic carbocycles. The number of piperidine rings is 1. The number of hydrogen-bond acceptors (Lipinski definition) is 3. The number of hydrogen-bond donors (Lipinski definition) is 1. The molecule has 0 aromatic heterocycles. The molecule has 108 valence electrons. The molecule has 1 atom stereocenters. The number of carbonyl (C=O) groups is 2. The quantitative estimate of drug-likeness (QED) is 0.674. The summed E-state index contributed by atoms with van der Waals surface area (Å²) in [5.41, 5.74) is 0.189. The first-order valence-electron chi connectivity index (χ1n) is 6.07. The van der Waals surface area contributed by atoms with Gasteiger partial charge in [0.15, 0.2) is 17.5 Å². The molecular weight excluding hydrogens is 273 g/mol. The van der Waals surface area contributed by atoms with Gasteiger partial charge in [0.25, 0.3) is 0 Å². The fourth-order valence-electron chi connectivity index (χ4n) is 2.06. The lowest BCUT2D eigenvalue weighted by atomic mass is 10.0. The predicted molar refractivity (Wildman–Crippen MR) is 64.0 cm³/mol. The molecule has 1 fully saturated rings. The Hall–Kier alpha value is -1.89. The van der Waals surface area contributed by atoms with Crippen LogP contribution < -0.4 is 5.32 Å². The summed E-state index contributed by atoms with van der Waals surface area (Å²) < 4.78 is 38.9. The molecule has 2 rings (SSSR count). The lowest BCUT2D eigenvalue weighted by Crippen LogP contribution is -2.51. The van der Waals surface area contributed by atoms with Crippen molar-refractivity contribution in [3.63, 3.8) is 0 Å². The van der Waals surface area contributed by atoms with E-state index in [9.17, 15) is 22.8 Å². The summed E-state index contributed by atoms with van der Waals surface area (Å²) in [5, 5.41) is 2.81. The molecule has 1 aliphatic rings. The molecule has 0 radical (unpaired) electrons. The Kier molecular flexibility index (Phi) is 4.08.